The maximum atomic E-state index is 12.9. The van der Waals surface area contributed by atoms with Gasteiger partial charge < -0.3 is 10.1 Å². The standard InChI is InChI=1S/C20H19ClFNO4/c1-27-20(26)12-17(15-4-2-3-5-16(15)21)23-19(25)11-10-18(24)13-6-8-14(22)9-7-13/h2-9,17H,10-12H2,1H3,(H,23,25)/t17-/m0/s1. The third-order valence-corrected chi connectivity index (χ3v) is 4.30. The van der Waals surface area contributed by atoms with Crippen LogP contribution in [0.25, 0.3) is 0 Å². The van der Waals surface area contributed by atoms with Crippen molar-refractivity contribution in [1.82, 2.24) is 5.32 Å². The second-order valence-electron chi connectivity index (χ2n) is 5.85. The highest BCUT2D eigenvalue weighted by molar-refractivity contribution is 6.31. The number of benzene rings is 2. The van der Waals surface area contributed by atoms with Gasteiger partial charge in [0.2, 0.25) is 5.91 Å². The molecule has 0 radical (unpaired) electrons. The number of ketones is 1. The largest absolute Gasteiger partial charge is 0.469 e. The minimum Gasteiger partial charge on any atom is -0.469 e. The van der Waals surface area contributed by atoms with E-state index in [-0.39, 0.29) is 25.0 Å². The van der Waals surface area contributed by atoms with E-state index < -0.39 is 23.7 Å². The molecule has 1 N–H and O–H groups in total. The number of carbonyl (C=O) groups is 3. The molecular weight excluding hydrogens is 373 g/mol. The summed E-state index contributed by atoms with van der Waals surface area (Å²) in [7, 11) is 1.26. The number of hydrogen-bond acceptors (Lipinski definition) is 4. The average Bonchev–Trinajstić information content (AvgIpc) is 2.66. The molecule has 0 heterocycles. The van der Waals surface area contributed by atoms with Gasteiger partial charge in [-0.3, -0.25) is 14.4 Å². The molecule has 2 aromatic carbocycles. The molecule has 0 bridgehead atoms. The van der Waals surface area contributed by atoms with Crippen LogP contribution in [0.15, 0.2) is 48.5 Å². The quantitative estimate of drug-likeness (QED) is 0.547. The van der Waals surface area contributed by atoms with Crippen molar-refractivity contribution in [2.24, 2.45) is 0 Å². The lowest BCUT2D eigenvalue weighted by Gasteiger charge is -2.19. The van der Waals surface area contributed by atoms with Gasteiger partial charge in [0, 0.05) is 23.4 Å². The molecule has 0 saturated carbocycles. The summed E-state index contributed by atoms with van der Waals surface area (Å²) in [6.45, 7) is 0. The van der Waals surface area contributed by atoms with Crippen molar-refractivity contribution in [2.45, 2.75) is 25.3 Å². The van der Waals surface area contributed by atoms with Gasteiger partial charge in [0.25, 0.3) is 0 Å². The summed E-state index contributed by atoms with van der Waals surface area (Å²) in [5, 5.41) is 3.13. The van der Waals surface area contributed by atoms with Crippen LogP contribution in [0.2, 0.25) is 5.02 Å². The Labute approximate surface area is 161 Å². The molecule has 0 saturated heterocycles. The normalized spacial score (nSPS) is 11.5. The number of ether oxygens (including phenoxy) is 1. The maximum absolute atomic E-state index is 12.9. The van der Waals surface area contributed by atoms with Crippen LogP contribution < -0.4 is 5.32 Å². The maximum Gasteiger partial charge on any atom is 0.307 e. The van der Waals surface area contributed by atoms with Gasteiger partial charge in [0.1, 0.15) is 5.82 Å². The number of hydrogen-bond donors (Lipinski definition) is 1. The second-order valence-corrected chi connectivity index (χ2v) is 6.26. The van der Waals surface area contributed by atoms with Gasteiger partial charge in [0.05, 0.1) is 19.6 Å². The van der Waals surface area contributed by atoms with E-state index in [4.69, 9.17) is 11.6 Å². The van der Waals surface area contributed by atoms with Crippen molar-refractivity contribution in [3.8, 4) is 0 Å². The van der Waals surface area contributed by atoms with Crippen molar-refractivity contribution in [3.63, 3.8) is 0 Å². The Hall–Kier alpha value is -2.73. The number of esters is 1. The Morgan fingerprint density at radius 1 is 1.07 bits per heavy atom. The molecule has 1 atom stereocenters. The first kappa shape index (κ1) is 20.6. The number of amides is 1. The molecule has 7 heteroatoms. The minimum atomic E-state index is -0.667. The first-order valence-electron chi connectivity index (χ1n) is 8.30. The SMILES string of the molecule is COC(=O)C[C@H](NC(=O)CCC(=O)c1ccc(F)cc1)c1ccccc1Cl. The molecule has 0 fully saturated rings. The Balaban J connectivity index is 2.00. The second kappa shape index (κ2) is 9.83. The number of halogens is 2. The number of rotatable bonds is 8. The van der Waals surface area contributed by atoms with E-state index in [1.54, 1.807) is 24.3 Å². The highest BCUT2D eigenvalue weighted by Gasteiger charge is 2.21. The van der Waals surface area contributed by atoms with Crippen LogP contribution in [-0.2, 0) is 14.3 Å². The number of Topliss-reactive ketones (excluding diaryl/α,β-unsaturated/α-hetero) is 1. The molecule has 0 unspecified atom stereocenters. The van der Waals surface area contributed by atoms with Crippen LogP contribution >= 0.6 is 11.6 Å². The highest BCUT2D eigenvalue weighted by atomic mass is 35.5. The van der Waals surface area contributed by atoms with Gasteiger partial charge in [0.15, 0.2) is 5.78 Å². The van der Waals surface area contributed by atoms with Gasteiger partial charge in [-0.05, 0) is 35.9 Å². The summed E-state index contributed by atoms with van der Waals surface area (Å²) in [5.41, 5.74) is 0.921. The number of nitrogens with one attached hydrogen (secondary N) is 1. The van der Waals surface area contributed by atoms with E-state index in [0.717, 1.165) is 0 Å². The van der Waals surface area contributed by atoms with E-state index in [1.165, 1.54) is 31.4 Å². The van der Waals surface area contributed by atoms with Crippen LogP contribution in [0.3, 0.4) is 0 Å². The Kier molecular flexibility index (Phi) is 7.49. The van der Waals surface area contributed by atoms with Crippen LogP contribution in [0.5, 0.6) is 0 Å². The highest BCUT2D eigenvalue weighted by Crippen LogP contribution is 2.25. The molecule has 0 aliphatic heterocycles. The summed E-state index contributed by atoms with van der Waals surface area (Å²) in [6.07, 6.45) is -0.193. The van der Waals surface area contributed by atoms with Gasteiger partial charge in [-0.25, -0.2) is 4.39 Å². The van der Waals surface area contributed by atoms with E-state index in [2.05, 4.69) is 10.1 Å². The van der Waals surface area contributed by atoms with E-state index in [0.29, 0.717) is 16.1 Å². The molecule has 1 amide bonds. The summed E-state index contributed by atoms with van der Waals surface area (Å²) < 4.78 is 17.6. The minimum absolute atomic E-state index is 0.0368. The van der Waals surface area contributed by atoms with Gasteiger partial charge in [-0.2, -0.15) is 0 Å². The van der Waals surface area contributed by atoms with Gasteiger partial charge >= 0.3 is 5.97 Å². The van der Waals surface area contributed by atoms with Crippen molar-refractivity contribution < 1.29 is 23.5 Å². The number of methoxy groups -OCH3 is 1. The molecule has 0 spiro atoms. The Morgan fingerprint density at radius 3 is 2.37 bits per heavy atom. The average molecular weight is 392 g/mol. The number of carbonyl (C=O) groups excluding carboxylic acids is 3. The zero-order chi connectivity index (χ0) is 19.8. The van der Waals surface area contributed by atoms with Crippen LogP contribution in [0.1, 0.15) is 41.2 Å². The van der Waals surface area contributed by atoms with Gasteiger partial charge in [-0.1, -0.05) is 29.8 Å². The predicted octanol–water partition coefficient (Wildman–Crippen LogP) is 3.86. The smallest absolute Gasteiger partial charge is 0.307 e. The summed E-state index contributed by atoms with van der Waals surface area (Å²) >= 11 is 6.16. The fraction of sp³-hybridized carbons (Fsp3) is 0.250. The molecule has 0 aromatic heterocycles. The zero-order valence-corrected chi connectivity index (χ0v) is 15.5. The molecule has 0 aliphatic carbocycles. The molecule has 5 nitrogen and oxygen atoms in total. The lowest BCUT2D eigenvalue weighted by atomic mass is 10.0. The lowest BCUT2D eigenvalue weighted by molar-refractivity contribution is -0.141. The lowest BCUT2D eigenvalue weighted by Crippen LogP contribution is -2.31. The molecule has 142 valence electrons. The molecule has 0 aliphatic rings. The topological polar surface area (TPSA) is 72.5 Å². The van der Waals surface area contributed by atoms with Crippen molar-refractivity contribution in [3.05, 3.63) is 70.5 Å². The third kappa shape index (κ3) is 6.18. The monoisotopic (exact) mass is 391 g/mol. The van der Waals surface area contributed by atoms with Crippen molar-refractivity contribution in [1.29, 1.82) is 0 Å². The van der Waals surface area contributed by atoms with E-state index in [1.807, 2.05) is 0 Å². The summed E-state index contributed by atoms with van der Waals surface area (Å²) in [6, 6.07) is 11.3. The van der Waals surface area contributed by atoms with Crippen LogP contribution in [-0.4, -0.2) is 24.8 Å². The van der Waals surface area contributed by atoms with Crippen LogP contribution in [0, 0.1) is 5.82 Å². The zero-order valence-electron chi connectivity index (χ0n) is 14.7. The third-order valence-electron chi connectivity index (χ3n) is 3.96. The predicted molar refractivity (Wildman–Crippen MR) is 98.9 cm³/mol. The first-order chi connectivity index (χ1) is 12.9. The first-order valence-corrected chi connectivity index (χ1v) is 8.68. The van der Waals surface area contributed by atoms with Crippen molar-refractivity contribution in [2.75, 3.05) is 7.11 Å². The fourth-order valence-corrected chi connectivity index (χ4v) is 2.79. The van der Waals surface area contributed by atoms with E-state index in [9.17, 15) is 18.8 Å². The van der Waals surface area contributed by atoms with Crippen molar-refractivity contribution >= 4 is 29.3 Å². The molecule has 2 rings (SSSR count). The Bertz CT molecular complexity index is 823. The summed E-state index contributed by atoms with van der Waals surface area (Å²) in [5.74, 6) is -1.61. The summed E-state index contributed by atoms with van der Waals surface area (Å²) in [4.78, 5) is 36.0. The molecule has 27 heavy (non-hydrogen) atoms. The van der Waals surface area contributed by atoms with Gasteiger partial charge in [-0.15, -0.1) is 0 Å². The van der Waals surface area contributed by atoms with Crippen LogP contribution in [0.4, 0.5) is 4.39 Å². The molecular formula is C20H19ClFNO4. The van der Waals surface area contributed by atoms with E-state index >= 15 is 0 Å². The fourth-order valence-electron chi connectivity index (χ4n) is 2.52. The Morgan fingerprint density at radius 2 is 1.74 bits per heavy atom. The molecule has 2 aromatic rings.